The number of nitrogens with one attached hydrogen (secondary N) is 2. The SMILES string of the molecule is CCC(CO)NC(=O)NC1CCN(Cc2ccccc2)CC1. The fourth-order valence-corrected chi connectivity index (χ4v) is 2.77. The van der Waals surface area contributed by atoms with E-state index in [-0.39, 0.29) is 24.7 Å². The molecule has 3 N–H and O–H groups in total. The Bertz CT molecular complexity index is 440. The molecular weight excluding hydrogens is 278 g/mol. The molecule has 2 rings (SSSR count). The van der Waals surface area contributed by atoms with Crippen LogP contribution in [0.3, 0.4) is 0 Å². The van der Waals surface area contributed by atoms with Crippen molar-refractivity contribution in [1.29, 1.82) is 0 Å². The maximum absolute atomic E-state index is 11.9. The highest BCUT2D eigenvalue weighted by Gasteiger charge is 2.21. The van der Waals surface area contributed by atoms with E-state index in [9.17, 15) is 4.79 Å². The zero-order chi connectivity index (χ0) is 15.8. The Labute approximate surface area is 132 Å². The van der Waals surface area contributed by atoms with E-state index < -0.39 is 0 Å². The van der Waals surface area contributed by atoms with Crippen LogP contribution in [0.1, 0.15) is 31.7 Å². The van der Waals surface area contributed by atoms with E-state index in [1.54, 1.807) is 0 Å². The first-order chi connectivity index (χ1) is 10.7. The van der Waals surface area contributed by atoms with Crippen LogP contribution in [0.2, 0.25) is 0 Å². The molecule has 0 radical (unpaired) electrons. The average Bonchev–Trinajstić information content (AvgIpc) is 2.55. The lowest BCUT2D eigenvalue weighted by atomic mass is 10.0. The zero-order valence-electron chi connectivity index (χ0n) is 13.3. The van der Waals surface area contributed by atoms with Gasteiger partial charge in [0.2, 0.25) is 0 Å². The van der Waals surface area contributed by atoms with Crippen molar-refractivity contribution in [2.75, 3.05) is 19.7 Å². The molecule has 122 valence electrons. The summed E-state index contributed by atoms with van der Waals surface area (Å²) in [4.78, 5) is 14.3. The highest BCUT2D eigenvalue weighted by Crippen LogP contribution is 2.13. The number of aliphatic hydroxyl groups is 1. The van der Waals surface area contributed by atoms with Crippen LogP contribution < -0.4 is 10.6 Å². The molecule has 1 aromatic carbocycles. The molecule has 1 saturated heterocycles. The summed E-state index contributed by atoms with van der Waals surface area (Å²) in [6, 6.07) is 10.4. The summed E-state index contributed by atoms with van der Waals surface area (Å²) in [5.74, 6) is 0. The number of piperidine rings is 1. The van der Waals surface area contributed by atoms with Gasteiger partial charge < -0.3 is 15.7 Å². The molecule has 1 fully saturated rings. The summed E-state index contributed by atoms with van der Waals surface area (Å²) in [6.45, 7) is 4.90. The smallest absolute Gasteiger partial charge is 0.315 e. The van der Waals surface area contributed by atoms with Gasteiger partial charge >= 0.3 is 6.03 Å². The molecule has 5 nitrogen and oxygen atoms in total. The summed E-state index contributed by atoms with van der Waals surface area (Å²) in [5.41, 5.74) is 1.33. The predicted octanol–water partition coefficient (Wildman–Crippen LogP) is 1.72. The number of benzene rings is 1. The number of nitrogens with zero attached hydrogens (tertiary/aromatic N) is 1. The number of carbonyl (C=O) groups is 1. The van der Waals surface area contributed by atoms with E-state index >= 15 is 0 Å². The second-order valence-corrected chi connectivity index (χ2v) is 5.94. The predicted molar refractivity (Wildman–Crippen MR) is 87.6 cm³/mol. The van der Waals surface area contributed by atoms with Crippen LogP contribution in [0.25, 0.3) is 0 Å². The molecule has 2 amide bonds. The van der Waals surface area contributed by atoms with Crippen molar-refractivity contribution >= 4 is 6.03 Å². The molecule has 0 aromatic heterocycles. The standard InChI is InChI=1S/C17H27N3O2/c1-2-15(13-21)18-17(22)19-16-8-10-20(11-9-16)12-14-6-4-3-5-7-14/h3-7,15-16,21H,2,8-13H2,1H3,(H2,18,19,22). The van der Waals surface area contributed by atoms with Crippen molar-refractivity contribution in [2.24, 2.45) is 0 Å². The fourth-order valence-electron chi connectivity index (χ4n) is 2.77. The van der Waals surface area contributed by atoms with Crippen molar-refractivity contribution in [3.63, 3.8) is 0 Å². The van der Waals surface area contributed by atoms with Crippen molar-refractivity contribution < 1.29 is 9.90 Å². The highest BCUT2D eigenvalue weighted by atomic mass is 16.3. The van der Waals surface area contributed by atoms with Gasteiger partial charge in [-0.05, 0) is 24.8 Å². The Morgan fingerprint density at radius 2 is 2.00 bits per heavy atom. The van der Waals surface area contributed by atoms with Gasteiger partial charge in [0.1, 0.15) is 0 Å². The lowest BCUT2D eigenvalue weighted by Crippen LogP contribution is -2.50. The third-order valence-corrected chi connectivity index (χ3v) is 4.22. The normalized spacial score (nSPS) is 17.9. The quantitative estimate of drug-likeness (QED) is 0.750. The summed E-state index contributed by atoms with van der Waals surface area (Å²) >= 11 is 0. The van der Waals surface area contributed by atoms with Gasteiger partial charge in [0.25, 0.3) is 0 Å². The van der Waals surface area contributed by atoms with E-state index in [2.05, 4.69) is 39.8 Å². The van der Waals surface area contributed by atoms with E-state index in [0.29, 0.717) is 0 Å². The Morgan fingerprint density at radius 3 is 2.59 bits per heavy atom. The Hall–Kier alpha value is -1.59. The van der Waals surface area contributed by atoms with Crippen molar-refractivity contribution in [1.82, 2.24) is 15.5 Å². The van der Waals surface area contributed by atoms with Gasteiger partial charge in [-0.2, -0.15) is 0 Å². The summed E-state index contributed by atoms with van der Waals surface area (Å²) < 4.78 is 0. The van der Waals surface area contributed by atoms with Gasteiger partial charge in [0.15, 0.2) is 0 Å². The number of aliphatic hydroxyl groups excluding tert-OH is 1. The van der Waals surface area contributed by atoms with Gasteiger partial charge in [-0.3, -0.25) is 4.90 Å². The maximum atomic E-state index is 11.9. The van der Waals surface area contributed by atoms with Crippen LogP contribution in [0.15, 0.2) is 30.3 Å². The molecule has 1 aliphatic heterocycles. The van der Waals surface area contributed by atoms with E-state index in [4.69, 9.17) is 5.11 Å². The summed E-state index contributed by atoms with van der Waals surface area (Å²) in [7, 11) is 0. The van der Waals surface area contributed by atoms with Gasteiger partial charge in [0.05, 0.1) is 12.6 Å². The maximum Gasteiger partial charge on any atom is 0.315 e. The second kappa shape index (κ2) is 8.76. The second-order valence-electron chi connectivity index (χ2n) is 5.94. The first-order valence-electron chi connectivity index (χ1n) is 8.15. The molecule has 0 aliphatic carbocycles. The summed E-state index contributed by atoms with van der Waals surface area (Å²) in [5, 5.41) is 14.9. The number of amides is 2. The molecule has 22 heavy (non-hydrogen) atoms. The first kappa shape index (κ1) is 16.8. The molecule has 0 spiro atoms. The molecule has 0 bridgehead atoms. The van der Waals surface area contributed by atoms with Crippen LogP contribution in [0, 0.1) is 0 Å². The molecule has 1 unspecified atom stereocenters. The Kier molecular flexibility index (Phi) is 6.68. The van der Waals surface area contributed by atoms with Gasteiger partial charge in [-0.1, -0.05) is 37.3 Å². The van der Waals surface area contributed by atoms with Crippen molar-refractivity contribution in [2.45, 2.75) is 44.8 Å². The molecule has 0 saturated carbocycles. The lowest BCUT2D eigenvalue weighted by Gasteiger charge is -2.32. The number of rotatable bonds is 6. The Balaban J connectivity index is 1.69. The van der Waals surface area contributed by atoms with Gasteiger partial charge in [-0.25, -0.2) is 4.79 Å². The largest absolute Gasteiger partial charge is 0.394 e. The molecule has 5 heteroatoms. The van der Waals surface area contributed by atoms with Crippen LogP contribution in [-0.2, 0) is 6.54 Å². The number of likely N-dealkylation sites (tertiary alicyclic amines) is 1. The average molecular weight is 305 g/mol. The van der Waals surface area contributed by atoms with Gasteiger partial charge in [0, 0.05) is 25.7 Å². The van der Waals surface area contributed by atoms with E-state index in [0.717, 1.165) is 38.9 Å². The third kappa shape index (κ3) is 5.31. The summed E-state index contributed by atoms with van der Waals surface area (Å²) in [6.07, 6.45) is 2.67. The van der Waals surface area contributed by atoms with Crippen molar-refractivity contribution in [3.8, 4) is 0 Å². The molecule has 1 heterocycles. The van der Waals surface area contributed by atoms with Crippen LogP contribution in [0.4, 0.5) is 4.79 Å². The number of hydrogen-bond acceptors (Lipinski definition) is 3. The topological polar surface area (TPSA) is 64.6 Å². The molecule has 1 aliphatic rings. The van der Waals surface area contributed by atoms with Gasteiger partial charge in [-0.15, -0.1) is 0 Å². The Morgan fingerprint density at radius 1 is 1.32 bits per heavy atom. The van der Waals surface area contributed by atoms with E-state index in [1.807, 2.05) is 13.0 Å². The number of urea groups is 1. The molecule has 1 aromatic rings. The monoisotopic (exact) mass is 305 g/mol. The first-order valence-corrected chi connectivity index (χ1v) is 8.15. The zero-order valence-corrected chi connectivity index (χ0v) is 13.3. The lowest BCUT2D eigenvalue weighted by molar-refractivity contribution is 0.181. The van der Waals surface area contributed by atoms with Crippen LogP contribution >= 0.6 is 0 Å². The number of hydrogen-bond donors (Lipinski definition) is 3. The highest BCUT2D eigenvalue weighted by molar-refractivity contribution is 5.74. The van der Waals surface area contributed by atoms with Crippen molar-refractivity contribution in [3.05, 3.63) is 35.9 Å². The fraction of sp³-hybridized carbons (Fsp3) is 0.588. The minimum Gasteiger partial charge on any atom is -0.394 e. The molecular formula is C17H27N3O2. The minimum atomic E-state index is -0.164. The minimum absolute atomic E-state index is 0.0144. The van der Waals surface area contributed by atoms with Crippen LogP contribution in [-0.4, -0.2) is 47.8 Å². The van der Waals surface area contributed by atoms with Crippen LogP contribution in [0.5, 0.6) is 0 Å². The number of carbonyl (C=O) groups excluding carboxylic acids is 1. The molecule has 1 atom stereocenters. The van der Waals surface area contributed by atoms with E-state index in [1.165, 1.54) is 5.56 Å². The third-order valence-electron chi connectivity index (χ3n) is 4.22.